The molecule has 2 N–H and O–H groups in total. The number of hydrogen-bond donors (Lipinski definition) is 2. The van der Waals surface area contributed by atoms with E-state index in [0.29, 0.717) is 6.04 Å². The van der Waals surface area contributed by atoms with Crippen LogP contribution >= 0.6 is 0 Å². The molecule has 2 rings (SSSR count). The third-order valence-corrected chi connectivity index (χ3v) is 4.54. The monoisotopic (exact) mass is 311 g/mol. The van der Waals surface area contributed by atoms with E-state index in [1.54, 1.807) is 0 Å². The van der Waals surface area contributed by atoms with Crippen LogP contribution in [0.15, 0.2) is 0 Å². The lowest BCUT2D eigenvalue weighted by Crippen LogP contribution is -2.51. The third-order valence-electron chi connectivity index (χ3n) is 4.54. The van der Waals surface area contributed by atoms with Gasteiger partial charge in [-0.25, -0.2) is 4.79 Å². The van der Waals surface area contributed by atoms with Gasteiger partial charge in [0.05, 0.1) is 0 Å². The van der Waals surface area contributed by atoms with Gasteiger partial charge in [0.2, 0.25) is 0 Å². The second kappa shape index (κ2) is 7.18. The van der Waals surface area contributed by atoms with Gasteiger partial charge >= 0.3 is 6.09 Å². The molecule has 0 spiro atoms. The van der Waals surface area contributed by atoms with E-state index in [4.69, 9.17) is 4.74 Å². The average Bonchev–Trinajstić information content (AvgIpc) is 2.90. The number of likely N-dealkylation sites (tertiary alicyclic amines) is 1. The lowest BCUT2D eigenvalue weighted by Gasteiger charge is -2.41. The fraction of sp³-hybridized carbons (Fsp3) is 0.941. The van der Waals surface area contributed by atoms with Gasteiger partial charge in [0.1, 0.15) is 5.60 Å². The highest BCUT2D eigenvalue weighted by molar-refractivity contribution is 5.68. The lowest BCUT2D eigenvalue weighted by molar-refractivity contribution is 0.00676. The molecule has 1 amide bonds. The molecule has 0 bridgehead atoms. The summed E-state index contributed by atoms with van der Waals surface area (Å²) in [7, 11) is 0. The minimum Gasteiger partial charge on any atom is -0.444 e. The maximum atomic E-state index is 12.3. The van der Waals surface area contributed by atoms with Crippen molar-refractivity contribution in [2.75, 3.05) is 32.7 Å². The van der Waals surface area contributed by atoms with Crippen molar-refractivity contribution in [1.82, 2.24) is 15.5 Å². The van der Waals surface area contributed by atoms with Crippen LogP contribution in [0, 0.1) is 5.41 Å². The van der Waals surface area contributed by atoms with Crippen LogP contribution < -0.4 is 10.6 Å². The van der Waals surface area contributed by atoms with E-state index in [1.807, 2.05) is 25.7 Å². The summed E-state index contributed by atoms with van der Waals surface area (Å²) in [4.78, 5) is 14.1. The Bertz CT molecular complexity index is 375. The van der Waals surface area contributed by atoms with Gasteiger partial charge in [-0.1, -0.05) is 6.92 Å². The highest BCUT2D eigenvalue weighted by atomic mass is 16.6. The molecule has 0 aliphatic carbocycles. The van der Waals surface area contributed by atoms with E-state index in [2.05, 4.69) is 17.6 Å². The molecule has 2 atom stereocenters. The van der Waals surface area contributed by atoms with E-state index in [-0.39, 0.29) is 11.5 Å². The molecule has 0 aromatic rings. The van der Waals surface area contributed by atoms with Crippen LogP contribution in [-0.4, -0.2) is 55.4 Å². The van der Waals surface area contributed by atoms with Crippen LogP contribution in [0.4, 0.5) is 4.79 Å². The fourth-order valence-corrected chi connectivity index (χ4v) is 3.42. The maximum Gasteiger partial charge on any atom is 0.410 e. The van der Waals surface area contributed by atoms with Crippen LogP contribution in [0.2, 0.25) is 0 Å². The van der Waals surface area contributed by atoms with Crippen LogP contribution in [0.3, 0.4) is 0 Å². The molecule has 0 saturated carbocycles. The van der Waals surface area contributed by atoms with Crippen molar-refractivity contribution in [3.8, 4) is 0 Å². The molecule has 0 aromatic heterocycles. The average molecular weight is 311 g/mol. The molecule has 5 heteroatoms. The molecular weight excluding hydrogens is 278 g/mol. The van der Waals surface area contributed by atoms with Gasteiger partial charge < -0.3 is 20.3 Å². The zero-order chi connectivity index (χ0) is 16.2. The first-order valence-electron chi connectivity index (χ1n) is 8.69. The molecule has 2 aliphatic rings. The van der Waals surface area contributed by atoms with E-state index in [0.717, 1.165) is 45.6 Å². The van der Waals surface area contributed by atoms with Crippen LogP contribution in [-0.2, 0) is 4.74 Å². The zero-order valence-corrected chi connectivity index (χ0v) is 14.7. The van der Waals surface area contributed by atoms with Crippen molar-refractivity contribution in [1.29, 1.82) is 0 Å². The van der Waals surface area contributed by atoms with Crippen molar-refractivity contribution >= 4 is 6.09 Å². The summed E-state index contributed by atoms with van der Waals surface area (Å²) in [5.74, 6) is 0. The van der Waals surface area contributed by atoms with Crippen molar-refractivity contribution in [2.45, 2.75) is 65.0 Å². The number of nitrogens with one attached hydrogen (secondary N) is 2. The summed E-state index contributed by atoms with van der Waals surface area (Å²) in [5.41, 5.74) is -0.273. The minimum atomic E-state index is -0.419. The summed E-state index contributed by atoms with van der Waals surface area (Å²) < 4.78 is 5.51. The van der Waals surface area contributed by atoms with Crippen molar-refractivity contribution in [3.05, 3.63) is 0 Å². The number of piperidine rings is 1. The first kappa shape index (κ1) is 17.5. The molecule has 0 radical (unpaired) electrons. The SMILES string of the molecule is CC1(CNCC2CCCN2)CCCN(C(=O)OC(C)(C)C)C1. The standard InChI is InChI=1S/C17H33N3O2/c1-16(2,3)22-15(21)20-10-6-8-17(4,13-20)12-18-11-14-7-5-9-19-14/h14,18-19H,5-13H2,1-4H3. The maximum absolute atomic E-state index is 12.3. The van der Waals surface area contributed by atoms with Gasteiger partial charge in [0.25, 0.3) is 0 Å². The minimum absolute atomic E-state index is 0.147. The molecule has 2 saturated heterocycles. The summed E-state index contributed by atoms with van der Waals surface area (Å²) in [5, 5.41) is 7.12. The molecule has 2 aliphatic heterocycles. The number of rotatable bonds is 4. The molecule has 2 heterocycles. The number of carbonyl (C=O) groups excluding carboxylic acids is 1. The quantitative estimate of drug-likeness (QED) is 0.837. The number of amides is 1. The Balaban J connectivity index is 1.78. The molecule has 2 fully saturated rings. The van der Waals surface area contributed by atoms with Crippen molar-refractivity contribution in [3.63, 3.8) is 0 Å². The summed E-state index contributed by atoms with van der Waals surface area (Å²) in [6, 6.07) is 0.620. The Morgan fingerprint density at radius 2 is 2.18 bits per heavy atom. The number of ether oxygens (including phenoxy) is 1. The summed E-state index contributed by atoms with van der Waals surface area (Å²) in [6.45, 7) is 12.8. The topological polar surface area (TPSA) is 53.6 Å². The zero-order valence-electron chi connectivity index (χ0n) is 14.7. The van der Waals surface area contributed by atoms with E-state index < -0.39 is 5.60 Å². The van der Waals surface area contributed by atoms with Crippen LogP contribution in [0.1, 0.15) is 53.4 Å². The van der Waals surface area contributed by atoms with Gasteiger partial charge in [-0.05, 0) is 58.4 Å². The van der Waals surface area contributed by atoms with Gasteiger partial charge in [-0.3, -0.25) is 0 Å². The Morgan fingerprint density at radius 3 is 2.82 bits per heavy atom. The highest BCUT2D eigenvalue weighted by Crippen LogP contribution is 2.29. The smallest absolute Gasteiger partial charge is 0.410 e. The largest absolute Gasteiger partial charge is 0.444 e. The first-order chi connectivity index (χ1) is 10.3. The van der Waals surface area contributed by atoms with Gasteiger partial charge in [0.15, 0.2) is 0 Å². The summed E-state index contributed by atoms with van der Waals surface area (Å²) in [6.07, 6.45) is 4.61. The molecule has 2 unspecified atom stereocenters. The normalized spacial score (nSPS) is 29.6. The van der Waals surface area contributed by atoms with Gasteiger partial charge in [-0.2, -0.15) is 0 Å². The Morgan fingerprint density at radius 1 is 1.41 bits per heavy atom. The van der Waals surface area contributed by atoms with Crippen molar-refractivity contribution in [2.24, 2.45) is 5.41 Å². The van der Waals surface area contributed by atoms with E-state index in [1.165, 1.54) is 12.8 Å². The number of carbonyl (C=O) groups is 1. The molecular formula is C17H33N3O2. The predicted octanol–water partition coefficient (Wildman–Crippen LogP) is 2.37. The second-order valence-electron chi connectivity index (χ2n) is 8.24. The first-order valence-corrected chi connectivity index (χ1v) is 8.69. The lowest BCUT2D eigenvalue weighted by atomic mass is 9.82. The second-order valence-corrected chi connectivity index (χ2v) is 8.24. The third kappa shape index (κ3) is 5.43. The van der Waals surface area contributed by atoms with Gasteiger partial charge in [-0.15, -0.1) is 0 Å². The highest BCUT2D eigenvalue weighted by Gasteiger charge is 2.34. The van der Waals surface area contributed by atoms with Crippen LogP contribution in [0.5, 0.6) is 0 Å². The Labute approximate surface area is 135 Å². The molecule has 22 heavy (non-hydrogen) atoms. The number of hydrogen-bond acceptors (Lipinski definition) is 4. The van der Waals surface area contributed by atoms with Gasteiger partial charge in [0, 0.05) is 32.2 Å². The van der Waals surface area contributed by atoms with E-state index in [9.17, 15) is 4.79 Å². The summed E-state index contributed by atoms with van der Waals surface area (Å²) >= 11 is 0. The van der Waals surface area contributed by atoms with Crippen LogP contribution in [0.25, 0.3) is 0 Å². The van der Waals surface area contributed by atoms with Crippen molar-refractivity contribution < 1.29 is 9.53 Å². The molecule has 5 nitrogen and oxygen atoms in total. The number of nitrogens with zero attached hydrogens (tertiary/aromatic N) is 1. The molecule has 0 aromatic carbocycles. The Kier molecular flexibility index (Phi) is 5.72. The fourth-order valence-electron chi connectivity index (χ4n) is 3.42. The molecule has 128 valence electrons. The Hall–Kier alpha value is -0.810. The van der Waals surface area contributed by atoms with E-state index >= 15 is 0 Å². The predicted molar refractivity (Wildman–Crippen MR) is 89.0 cm³/mol.